The van der Waals surface area contributed by atoms with Crippen molar-refractivity contribution in [3.05, 3.63) is 33.8 Å². The number of nitrogens with one attached hydrogen (secondary N) is 1. The molecule has 0 amide bonds. The Morgan fingerprint density at radius 2 is 1.71 bits per heavy atom. The van der Waals surface area contributed by atoms with Gasteiger partial charge in [0.25, 0.3) is 0 Å². The Morgan fingerprint density at radius 3 is 2.18 bits per heavy atom. The van der Waals surface area contributed by atoms with E-state index in [4.69, 9.17) is 23.2 Å². The van der Waals surface area contributed by atoms with E-state index in [1.807, 2.05) is 18.2 Å². The summed E-state index contributed by atoms with van der Waals surface area (Å²) in [6, 6.07) is 5.95. The maximum absolute atomic E-state index is 6.25. The van der Waals surface area contributed by atoms with Gasteiger partial charge in [-0.15, -0.1) is 0 Å². The molecular weight excluding hydrogens is 253 g/mol. The van der Waals surface area contributed by atoms with Crippen molar-refractivity contribution in [3.8, 4) is 0 Å². The molecule has 0 heterocycles. The van der Waals surface area contributed by atoms with Crippen molar-refractivity contribution in [2.75, 3.05) is 6.54 Å². The van der Waals surface area contributed by atoms with Crippen molar-refractivity contribution >= 4 is 23.2 Å². The third-order valence-electron chi connectivity index (χ3n) is 2.83. The Kier molecular flexibility index (Phi) is 6.32. The molecule has 0 aliphatic carbocycles. The molecule has 0 radical (unpaired) electrons. The van der Waals surface area contributed by atoms with Crippen LogP contribution in [0.5, 0.6) is 0 Å². The number of halogens is 2. The lowest BCUT2D eigenvalue weighted by molar-refractivity contribution is 0.449. The first kappa shape index (κ1) is 14.8. The Morgan fingerprint density at radius 1 is 1.12 bits per heavy atom. The highest BCUT2D eigenvalue weighted by molar-refractivity contribution is 6.36. The van der Waals surface area contributed by atoms with Crippen molar-refractivity contribution in [2.45, 2.75) is 39.7 Å². The summed E-state index contributed by atoms with van der Waals surface area (Å²) in [5.41, 5.74) is 1.04. The van der Waals surface area contributed by atoms with Gasteiger partial charge >= 0.3 is 0 Å². The smallest absolute Gasteiger partial charge is 0.0468 e. The fourth-order valence-corrected chi connectivity index (χ4v) is 2.60. The molecule has 0 bridgehead atoms. The predicted molar refractivity (Wildman–Crippen MR) is 77.0 cm³/mol. The Bertz CT molecular complexity index is 330. The van der Waals surface area contributed by atoms with Gasteiger partial charge in [-0.2, -0.15) is 0 Å². The zero-order valence-corrected chi connectivity index (χ0v) is 12.3. The molecule has 96 valence electrons. The molecule has 17 heavy (non-hydrogen) atoms. The SMILES string of the molecule is CCNC(CCC(C)C)c1c(Cl)cccc1Cl. The average Bonchev–Trinajstić information content (AvgIpc) is 2.25. The minimum atomic E-state index is 0.253. The summed E-state index contributed by atoms with van der Waals surface area (Å²) < 4.78 is 0. The first-order chi connectivity index (χ1) is 8.06. The summed E-state index contributed by atoms with van der Waals surface area (Å²) in [6.07, 6.45) is 2.23. The van der Waals surface area contributed by atoms with Gasteiger partial charge in [0.1, 0.15) is 0 Å². The van der Waals surface area contributed by atoms with Crippen LogP contribution in [-0.4, -0.2) is 6.54 Å². The molecule has 1 aromatic rings. The highest BCUT2D eigenvalue weighted by atomic mass is 35.5. The predicted octanol–water partition coefficient (Wildman–Crippen LogP) is 5.08. The zero-order chi connectivity index (χ0) is 12.8. The number of hydrogen-bond donors (Lipinski definition) is 1. The van der Waals surface area contributed by atoms with Crippen LogP contribution in [0.15, 0.2) is 18.2 Å². The maximum atomic E-state index is 6.25. The topological polar surface area (TPSA) is 12.0 Å². The second-order valence-corrected chi connectivity index (χ2v) is 5.53. The largest absolute Gasteiger partial charge is 0.310 e. The van der Waals surface area contributed by atoms with E-state index in [0.29, 0.717) is 5.92 Å². The minimum Gasteiger partial charge on any atom is -0.310 e. The fourth-order valence-electron chi connectivity index (χ4n) is 1.94. The molecule has 0 saturated carbocycles. The van der Waals surface area contributed by atoms with Gasteiger partial charge in [0.05, 0.1) is 0 Å². The van der Waals surface area contributed by atoms with Crippen LogP contribution < -0.4 is 5.32 Å². The maximum Gasteiger partial charge on any atom is 0.0468 e. The first-order valence-electron chi connectivity index (χ1n) is 6.23. The van der Waals surface area contributed by atoms with E-state index in [1.54, 1.807) is 0 Å². The van der Waals surface area contributed by atoms with Crippen molar-refractivity contribution in [1.29, 1.82) is 0 Å². The van der Waals surface area contributed by atoms with E-state index in [1.165, 1.54) is 6.42 Å². The lowest BCUT2D eigenvalue weighted by Gasteiger charge is -2.21. The molecule has 0 saturated heterocycles. The minimum absolute atomic E-state index is 0.253. The van der Waals surface area contributed by atoms with Crippen LogP contribution in [0.1, 0.15) is 45.2 Å². The summed E-state index contributed by atoms with van der Waals surface area (Å²) in [5, 5.41) is 4.98. The van der Waals surface area contributed by atoms with E-state index in [9.17, 15) is 0 Å². The average molecular weight is 274 g/mol. The molecule has 1 atom stereocenters. The van der Waals surface area contributed by atoms with Crippen molar-refractivity contribution < 1.29 is 0 Å². The molecule has 0 aliphatic heterocycles. The van der Waals surface area contributed by atoms with Crippen molar-refractivity contribution in [3.63, 3.8) is 0 Å². The lowest BCUT2D eigenvalue weighted by Crippen LogP contribution is -2.22. The number of benzene rings is 1. The van der Waals surface area contributed by atoms with Gasteiger partial charge in [-0.25, -0.2) is 0 Å². The van der Waals surface area contributed by atoms with Gasteiger partial charge in [-0.05, 0) is 37.4 Å². The molecule has 0 fully saturated rings. The molecule has 0 aliphatic rings. The van der Waals surface area contributed by atoms with E-state index >= 15 is 0 Å². The van der Waals surface area contributed by atoms with Gasteiger partial charge in [-0.1, -0.05) is 50.0 Å². The molecule has 3 heteroatoms. The molecule has 0 spiro atoms. The van der Waals surface area contributed by atoms with Crippen LogP contribution in [0.2, 0.25) is 10.0 Å². The third-order valence-corrected chi connectivity index (χ3v) is 3.49. The van der Waals surface area contributed by atoms with Gasteiger partial charge < -0.3 is 5.32 Å². The Hall–Kier alpha value is -0.240. The van der Waals surface area contributed by atoms with Crippen molar-refractivity contribution in [2.24, 2.45) is 5.92 Å². The van der Waals surface area contributed by atoms with Crippen LogP contribution in [0, 0.1) is 5.92 Å². The standard InChI is InChI=1S/C14H21Cl2N/c1-4-17-13(9-8-10(2)3)14-11(15)6-5-7-12(14)16/h5-7,10,13,17H,4,8-9H2,1-3H3. The lowest BCUT2D eigenvalue weighted by atomic mass is 9.97. The molecule has 0 aromatic heterocycles. The van der Waals surface area contributed by atoms with E-state index in [-0.39, 0.29) is 6.04 Å². The number of hydrogen-bond acceptors (Lipinski definition) is 1. The van der Waals surface area contributed by atoms with Crippen LogP contribution in [0.25, 0.3) is 0 Å². The highest BCUT2D eigenvalue weighted by Gasteiger charge is 2.17. The van der Waals surface area contributed by atoms with Crippen molar-refractivity contribution in [1.82, 2.24) is 5.32 Å². The van der Waals surface area contributed by atoms with Gasteiger partial charge in [0, 0.05) is 21.7 Å². The summed E-state index contributed by atoms with van der Waals surface area (Å²) in [4.78, 5) is 0. The van der Waals surface area contributed by atoms with Crippen LogP contribution in [0.3, 0.4) is 0 Å². The molecule has 1 unspecified atom stereocenters. The van der Waals surface area contributed by atoms with Crippen LogP contribution in [-0.2, 0) is 0 Å². The normalized spacial score (nSPS) is 13.1. The number of rotatable bonds is 6. The highest BCUT2D eigenvalue weighted by Crippen LogP contribution is 2.33. The summed E-state index contributed by atoms with van der Waals surface area (Å²) in [5.74, 6) is 0.692. The van der Waals surface area contributed by atoms with Gasteiger partial charge in [0.15, 0.2) is 0 Å². The molecule has 1 aromatic carbocycles. The zero-order valence-electron chi connectivity index (χ0n) is 10.8. The fraction of sp³-hybridized carbons (Fsp3) is 0.571. The molecule has 1 N–H and O–H groups in total. The monoisotopic (exact) mass is 273 g/mol. The van der Waals surface area contributed by atoms with Gasteiger partial charge in [-0.3, -0.25) is 0 Å². The first-order valence-corrected chi connectivity index (χ1v) is 6.99. The summed E-state index contributed by atoms with van der Waals surface area (Å²) >= 11 is 12.5. The second-order valence-electron chi connectivity index (χ2n) is 4.72. The van der Waals surface area contributed by atoms with Crippen LogP contribution >= 0.6 is 23.2 Å². The van der Waals surface area contributed by atoms with Crippen LogP contribution in [0.4, 0.5) is 0 Å². The third kappa shape index (κ3) is 4.50. The Labute approximate surface area is 115 Å². The van der Waals surface area contributed by atoms with Gasteiger partial charge in [0.2, 0.25) is 0 Å². The van der Waals surface area contributed by atoms with E-state index in [2.05, 4.69) is 26.1 Å². The molecule has 1 rings (SSSR count). The molecular formula is C14H21Cl2N. The summed E-state index contributed by atoms with van der Waals surface area (Å²) in [7, 11) is 0. The second kappa shape index (κ2) is 7.25. The molecule has 1 nitrogen and oxygen atoms in total. The summed E-state index contributed by atoms with van der Waals surface area (Å²) in [6.45, 7) is 7.49. The quantitative estimate of drug-likeness (QED) is 0.762. The Balaban J connectivity index is 2.88. The van der Waals surface area contributed by atoms with E-state index in [0.717, 1.165) is 28.6 Å². The van der Waals surface area contributed by atoms with E-state index < -0.39 is 0 Å².